The summed E-state index contributed by atoms with van der Waals surface area (Å²) in [6.45, 7) is 4.07. The average Bonchev–Trinajstić information content (AvgIpc) is 2.43. The highest BCUT2D eigenvalue weighted by Gasteiger charge is 2.38. The normalized spacial score (nSPS) is 12.3. The van der Waals surface area contributed by atoms with Crippen molar-refractivity contribution < 1.29 is 18.1 Å². The number of rotatable bonds is 6. The van der Waals surface area contributed by atoms with Gasteiger partial charge in [0, 0.05) is 23.8 Å². The van der Waals surface area contributed by atoms with Crippen molar-refractivity contribution in [3.8, 4) is 0 Å². The van der Waals surface area contributed by atoms with Crippen molar-refractivity contribution in [1.29, 1.82) is 0 Å². The lowest BCUT2D eigenvalue weighted by Crippen LogP contribution is -2.45. The van der Waals surface area contributed by atoms with Crippen LogP contribution < -0.4 is 11.1 Å². The van der Waals surface area contributed by atoms with Crippen LogP contribution in [0.25, 0.3) is 0 Å². The van der Waals surface area contributed by atoms with Gasteiger partial charge >= 0.3 is 6.18 Å². The molecule has 0 fully saturated rings. The molecular weight excluding hydrogens is 287 g/mol. The van der Waals surface area contributed by atoms with Crippen LogP contribution in [0.4, 0.5) is 24.5 Å². The first-order valence-corrected chi connectivity index (χ1v) is 6.51. The van der Waals surface area contributed by atoms with Gasteiger partial charge in [-0.3, -0.25) is 10.1 Å². The number of nitro benzene ring substituents is 1. The van der Waals surface area contributed by atoms with Gasteiger partial charge in [-0.05, 0) is 25.0 Å². The van der Waals surface area contributed by atoms with Crippen LogP contribution in [0.2, 0.25) is 0 Å². The van der Waals surface area contributed by atoms with E-state index in [1.165, 1.54) is 6.07 Å². The molecule has 0 aromatic heterocycles. The van der Waals surface area contributed by atoms with Crippen molar-refractivity contribution in [1.82, 2.24) is 0 Å². The van der Waals surface area contributed by atoms with Crippen molar-refractivity contribution in [3.05, 3.63) is 33.9 Å². The third-order valence-corrected chi connectivity index (χ3v) is 3.55. The number of alkyl halides is 3. The summed E-state index contributed by atoms with van der Waals surface area (Å²) in [5.41, 5.74) is 3.45. The zero-order valence-electron chi connectivity index (χ0n) is 11.8. The van der Waals surface area contributed by atoms with Gasteiger partial charge < -0.3 is 11.1 Å². The molecule has 3 N–H and O–H groups in total. The van der Waals surface area contributed by atoms with Crippen molar-refractivity contribution in [2.24, 2.45) is 5.73 Å². The minimum Gasteiger partial charge on any atom is -0.383 e. The largest absolute Gasteiger partial charge is 0.423 e. The molecule has 118 valence electrons. The molecular formula is C13H18F3N3O2. The topological polar surface area (TPSA) is 81.2 Å². The fourth-order valence-electron chi connectivity index (χ4n) is 1.81. The number of halogens is 3. The van der Waals surface area contributed by atoms with E-state index < -0.39 is 27.9 Å². The van der Waals surface area contributed by atoms with Gasteiger partial charge in [-0.1, -0.05) is 13.8 Å². The number of hydrogen-bond acceptors (Lipinski definition) is 4. The van der Waals surface area contributed by atoms with Gasteiger partial charge in [-0.2, -0.15) is 13.2 Å². The molecule has 0 saturated heterocycles. The maximum absolute atomic E-state index is 12.8. The highest BCUT2D eigenvalue weighted by molar-refractivity contribution is 5.55. The Balaban J connectivity index is 3.04. The van der Waals surface area contributed by atoms with Gasteiger partial charge in [0.05, 0.1) is 4.92 Å². The third kappa shape index (κ3) is 4.32. The molecule has 0 aliphatic carbocycles. The first-order valence-electron chi connectivity index (χ1n) is 6.51. The molecule has 0 atom stereocenters. The summed E-state index contributed by atoms with van der Waals surface area (Å²) < 4.78 is 38.5. The van der Waals surface area contributed by atoms with Crippen LogP contribution in [0.5, 0.6) is 0 Å². The first-order chi connectivity index (χ1) is 9.63. The molecule has 5 nitrogen and oxygen atoms in total. The SMILES string of the molecule is CCC(N)(CC)CNc1ccc([N+](=O)[O-])c(C(F)(F)F)c1. The quantitative estimate of drug-likeness (QED) is 0.622. The highest BCUT2D eigenvalue weighted by Crippen LogP contribution is 2.37. The van der Waals surface area contributed by atoms with E-state index in [1.807, 2.05) is 13.8 Å². The van der Waals surface area contributed by atoms with Crippen LogP contribution in [0.15, 0.2) is 18.2 Å². The van der Waals surface area contributed by atoms with E-state index in [0.29, 0.717) is 12.8 Å². The first kappa shape index (κ1) is 17.2. The number of nitrogens with zero attached hydrogens (tertiary/aromatic N) is 1. The van der Waals surface area contributed by atoms with E-state index in [0.717, 1.165) is 12.1 Å². The molecule has 1 aromatic carbocycles. The molecule has 1 aromatic rings. The Kier molecular flexibility index (Phi) is 5.16. The second kappa shape index (κ2) is 6.30. The molecule has 1 rings (SSSR count). The van der Waals surface area contributed by atoms with Gasteiger partial charge in [0.25, 0.3) is 5.69 Å². The molecule has 0 aliphatic rings. The molecule has 0 unspecified atom stereocenters. The van der Waals surface area contributed by atoms with Crippen LogP contribution in [-0.4, -0.2) is 17.0 Å². The van der Waals surface area contributed by atoms with Gasteiger partial charge in [-0.25, -0.2) is 0 Å². The van der Waals surface area contributed by atoms with E-state index in [1.54, 1.807) is 0 Å². The van der Waals surface area contributed by atoms with E-state index in [-0.39, 0.29) is 12.2 Å². The maximum Gasteiger partial charge on any atom is 0.423 e. The maximum atomic E-state index is 12.8. The molecule has 0 bridgehead atoms. The summed E-state index contributed by atoms with van der Waals surface area (Å²) in [7, 11) is 0. The minimum absolute atomic E-state index is 0.157. The lowest BCUT2D eigenvalue weighted by atomic mass is 9.94. The number of hydrogen-bond donors (Lipinski definition) is 2. The second-order valence-corrected chi connectivity index (χ2v) is 4.91. The van der Waals surface area contributed by atoms with Crippen LogP contribution >= 0.6 is 0 Å². The smallest absolute Gasteiger partial charge is 0.383 e. The van der Waals surface area contributed by atoms with Crippen LogP contribution in [0, 0.1) is 10.1 Å². The second-order valence-electron chi connectivity index (χ2n) is 4.91. The molecule has 8 heteroatoms. The summed E-state index contributed by atoms with van der Waals surface area (Å²) in [6.07, 6.45) is -3.46. The predicted molar refractivity (Wildman–Crippen MR) is 74.1 cm³/mol. The number of nitro groups is 1. The molecule has 0 radical (unpaired) electrons. The summed E-state index contributed by atoms with van der Waals surface area (Å²) in [6, 6.07) is 2.84. The fraction of sp³-hybridized carbons (Fsp3) is 0.538. The molecule has 0 aliphatic heterocycles. The highest BCUT2D eigenvalue weighted by atomic mass is 19.4. The lowest BCUT2D eigenvalue weighted by Gasteiger charge is -2.27. The fourth-order valence-corrected chi connectivity index (χ4v) is 1.81. The van der Waals surface area contributed by atoms with Crippen LogP contribution in [0.1, 0.15) is 32.3 Å². The van der Waals surface area contributed by atoms with Crippen molar-refractivity contribution in [2.45, 2.75) is 38.4 Å². The Labute approximate surface area is 120 Å². The number of nitrogens with one attached hydrogen (secondary N) is 1. The summed E-state index contributed by atoms with van der Waals surface area (Å²) >= 11 is 0. The van der Waals surface area contributed by atoms with Crippen LogP contribution in [0.3, 0.4) is 0 Å². The Morgan fingerprint density at radius 1 is 1.29 bits per heavy atom. The van der Waals surface area contributed by atoms with Gasteiger partial charge in [0.1, 0.15) is 5.56 Å². The van der Waals surface area contributed by atoms with Crippen molar-refractivity contribution in [2.75, 3.05) is 11.9 Å². The minimum atomic E-state index is -4.78. The van der Waals surface area contributed by atoms with Gasteiger partial charge in [0.2, 0.25) is 0 Å². The van der Waals surface area contributed by atoms with Crippen molar-refractivity contribution in [3.63, 3.8) is 0 Å². The zero-order chi connectivity index (χ0) is 16.3. The number of anilines is 1. The zero-order valence-corrected chi connectivity index (χ0v) is 11.8. The average molecular weight is 305 g/mol. The van der Waals surface area contributed by atoms with Crippen LogP contribution in [-0.2, 0) is 6.18 Å². The summed E-state index contributed by atoms with van der Waals surface area (Å²) in [5.74, 6) is 0. The molecule has 0 saturated carbocycles. The third-order valence-electron chi connectivity index (χ3n) is 3.55. The Bertz CT molecular complexity index is 514. The summed E-state index contributed by atoms with van der Waals surface area (Å²) in [5, 5.41) is 13.5. The molecule has 0 spiro atoms. The molecule has 0 heterocycles. The molecule has 21 heavy (non-hydrogen) atoms. The monoisotopic (exact) mass is 305 g/mol. The number of benzene rings is 1. The van der Waals surface area contributed by atoms with Crippen molar-refractivity contribution >= 4 is 11.4 Å². The number of nitrogens with two attached hydrogens (primary N) is 1. The van der Waals surface area contributed by atoms with E-state index in [4.69, 9.17) is 5.73 Å². The van der Waals surface area contributed by atoms with Gasteiger partial charge in [-0.15, -0.1) is 0 Å². The predicted octanol–water partition coefficient (Wildman–Crippen LogP) is 3.54. The van der Waals surface area contributed by atoms with E-state index >= 15 is 0 Å². The Morgan fingerprint density at radius 2 is 1.86 bits per heavy atom. The lowest BCUT2D eigenvalue weighted by molar-refractivity contribution is -0.388. The molecule has 0 amide bonds. The van der Waals surface area contributed by atoms with E-state index in [9.17, 15) is 23.3 Å². The standard InChI is InChI=1S/C13H18F3N3O2/c1-3-12(17,4-2)8-18-9-5-6-11(19(20)21)10(7-9)13(14,15)16/h5-7,18H,3-4,8,17H2,1-2H3. The Morgan fingerprint density at radius 3 is 2.29 bits per heavy atom. The Hall–Kier alpha value is -1.83. The van der Waals surface area contributed by atoms with E-state index in [2.05, 4.69) is 5.32 Å². The summed E-state index contributed by atoms with van der Waals surface area (Å²) in [4.78, 5) is 9.61. The van der Waals surface area contributed by atoms with Gasteiger partial charge in [0.15, 0.2) is 0 Å².